The molecule has 0 radical (unpaired) electrons. The van der Waals surface area contributed by atoms with E-state index in [1.165, 1.54) is 0 Å². The lowest BCUT2D eigenvalue weighted by Crippen LogP contribution is -2.03. The van der Waals surface area contributed by atoms with Gasteiger partial charge < -0.3 is 10.3 Å². The van der Waals surface area contributed by atoms with Gasteiger partial charge in [-0.15, -0.1) is 0 Å². The molecule has 5 nitrogen and oxygen atoms in total. The number of carboxylic acid groups (broad SMARTS) is 1. The van der Waals surface area contributed by atoms with Crippen LogP contribution in [0.1, 0.15) is 24.8 Å². The summed E-state index contributed by atoms with van der Waals surface area (Å²) >= 11 is 0. The van der Waals surface area contributed by atoms with Crippen molar-refractivity contribution in [1.29, 1.82) is 0 Å². The van der Waals surface area contributed by atoms with Crippen molar-refractivity contribution in [3.63, 3.8) is 0 Å². The van der Waals surface area contributed by atoms with Crippen LogP contribution < -0.4 is 0 Å². The number of aliphatic carboxylic acids is 1. The molecule has 0 amide bonds. The van der Waals surface area contributed by atoms with Crippen LogP contribution in [0.3, 0.4) is 0 Å². The van der Waals surface area contributed by atoms with Crippen LogP contribution in [-0.2, 0) is 4.79 Å². The average molecular weight is 208 g/mol. The van der Waals surface area contributed by atoms with Crippen molar-refractivity contribution in [2.75, 3.05) is 0 Å². The number of rotatable bonds is 5. The second kappa shape index (κ2) is 5.74. The summed E-state index contributed by atoms with van der Waals surface area (Å²) in [6.07, 6.45) is 4.14. The number of carbonyl (C=O) groups is 1. The van der Waals surface area contributed by atoms with Crippen LogP contribution in [-0.4, -0.2) is 27.0 Å². The predicted molar refractivity (Wildman–Crippen MR) is 54.0 cm³/mol. The summed E-state index contributed by atoms with van der Waals surface area (Å²) in [6.45, 7) is 0. The van der Waals surface area contributed by atoms with E-state index in [0.29, 0.717) is 24.1 Å². The second-order valence-electron chi connectivity index (χ2n) is 3.04. The smallest absolute Gasteiger partial charge is 0.303 e. The Balaban J connectivity index is 2.55. The lowest BCUT2D eigenvalue weighted by atomic mass is 10.1. The molecule has 0 fully saturated rings. The lowest BCUT2D eigenvalue weighted by molar-refractivity contribution is -0.137. The topological polar surface area (TPSA) is 82.8 Å². The van der Waals surface area contributed by atoms with Crippen molar-refractivity contribution in [3.05, 3.63) is 30.1 Å². The Morgan fingerprint density at radius 1 is 1.47 bits per heavy atom. The van der Waals surface area contributed by atoms with Gasteiger partial charge in [0.25, 0.3) is 0 Å². The van der Waals surface area contributed by atoms with Gasteiger partial charge in [0.2, 0.25) is 0 Å². The third-order valence-electron chi connectivity index (χ3n) is 1.92. The highest BCUT2D eigenvalue weighted by Gasteiger charge is 2.05. The first-order valence-corrected chi connectivity index (χ1v) is 4.57. The summed E-state index contributed by atoms with van der Waals surface area (Å²) in [7, 11) is 0. The first kappa shape index (κ1) is 11.2. The number of hydrogen-bond acceptors (Lipinski definition) is 4. The van der Waals surface area contributed by atoms with Gasteiger partial charge in [0.05, 0.1) is 5.71 Å². The van der Waals surface area contributed by atoms with E-state index < -0.39 is 5.97 Å². The summed E-state index contributed by atoms with van der Waals surface area (Å²) in [5, 5.41) is 20.4. The summed E-state index contributed by atoms with van der Waals surface area (Å²) in [5.41, 5.74) is 1.18. The lowest BCUT2D eigenvalue weighted by Gasteiger charge is -2.02. The fourth-order valence-corrected chi connectivity index (χ4v) is 1.19. The van der Waals surface area contributed by atoms with Crippen LogP contribution >= 0.6 is 0 Å². The van der Waals surface area contributed by atoms with Crippen molar-refractivity contribution in [2.45, 2.75) is 19.3 Å². The highest BCUT2D eigenvalue weighted by molar-refractivity contribution is 5.99. The third kappa shape index (κ3) is 3.76. The van der Waals surface area contributed by atoms with Crippen molar-refractivity contribution >= 4 is 11.7 Å². The molecule has 1 rings (SSSR count). The molecule has 1 heterocycles. The molecular weight excluding hydrogens is 196 g/mol. The van der Waals surface area contributed by atoms with Gasteiger partial charge in [0, 0.05) is 24.4 Å². The van der Waals surface area contributed by atoms with Gasteiger partial charge in [-0.2, -0.15) is 0 Å². The van der Waals surface area contributed by atoms with Gasteiger partial charge >= 0.3 is 5.97 Å². The quantitative estimate of drug-likeness (QED) is 0.436. The molecule has 2 N–H and O–H groups in total. The number of nitrogens with zero attached hydrogens (tertiary/aromatic N) is 2. The highest BCUT2D eigenvalue weighted by atomic mass is 16.4. The number of hydrogen-bond donors (Lipinski definition) is 2. The summed E-state index contributed by atoms with van der Waals surface area (Å²) in [6, 6.07) is 3.50. The Morgan fingerprint density at radius 2 is 2.27 bits per heavy atom. The number of pyridine rings is 1. The standard InChI is InChI=1S/C10H12N2O3/c13-10(14)5-1-4-9(12-15)8-3-2-6-11-7-8/h2-3,6-7,15H,1,4-5H2,(H,13,14)/b12-9+. The molecule has 0 aromatic carbocycles. The molecule has 0 unspecified atom stereocenters. The second-order valence-corrected chi connectivity index (χ2v) is 3.04. The van der Waals surface area contributed by atoms with Gasteiger partial charge in [0.15, 0.2) is 0 Å². The van der Waals surface area contributed by atoms with Gasteiger partial charge in [-0.25, -0.2) is 0 Å². The van der Waals surface area contributed by atoms with E-state index in [-0.39, 0.29) is 6.42 Å². The summed E-state index contributed by atoms with van der Waals surface area (Å²) in [5.74, 6) is -0.849. The molecule has 0 bridgehead atoms. The van der Waals surface area contributed by atoms with Crippen molar-refractivity contribution in [1.82, 2.24) is 4.98 Å². The molecule has 0 aliphatic carbocycles. The van der Waals surface area contributed by atoms with E-state index in [9.17, 15) is 4.79 Å². The first-order valence-electron chi connectivity index (χ1n) is 4.57. The molecule has 0 spiro atoms. The van der Waals surface area contributed by atoms with E-state index in [1.54, 1.807) is 24.5 Å². The fourth-order valence-electron chi connectivity index (χ4n) is 1.19. The Hall–Kier alpha value is -1.91. The van der Waals surface area contributed by atoms with E-state index in [1.807, 2.05) is 0 Å². The molecule has 0 aliphatic rings. The normalized spacial score (nSPS) is 11.3. The largest absolute Gasteiger partial charge is 0.481 e. The Kier molecular flexibility index (Phi) is 4.28. The molecule has 80 valence electrons. The number of carboxylic acids is 1. The molecule has 15 heavy (non-hydrogen) atoms. The molecule has 0 atom stereocenters. The van der Waals surface area contributed by atoms with Crippen LogP contribution in [0.4, 0.5) is 0 Å². The molecule has 0 saturated heterocycles. The minimum Gasteiger partial charge on any atom is -0.481 e. The Labute approximate surface area is 87.1 Å². The van der Waals surface area contributed by atoms with Crippen molar-refractivity contribution < 1.29 is 15.1 Å². The van der Waals surface area contributed by atoms with Gasteiger partial charge in [-0.05, 0) is 25.0 Å². The molecular formula is C10H12N2O3. The Morgan fingerprint density at radius 3 is 2.80 bits per heavy atom. The van der Waals surface area contributed by atoms with Crippen LogP contribution in [0.25, 0.3) is 0 Å². The average Bonchev–Trinajstić information content (AvgIpc) is 2.25. The summed E-state index contributed by atoms with van der Waals surface area (Å²) in [4.78, 5) is 14.2. The highest BCUT2D eigenvalue weighted by Crippen LogP contribution is 2.06. The Bertz CT molecular complexity index is 349. The minimum absolute atomic E-state index is 0.0687. The number of oxime groups is 1. The first-order chi connectivity index (χ1) is 7.24. The molecule has 1 aromatic heterocycles. The predicted octanol–water partition coefficient (Wildman–Crippen LogP) is 1.51. The van der Waals surface area contributed by atoms with Crippen LogP contribution in [0.2, 0.25) is 0 Å². The molecule has 0 aliphatic heterocycles. The monoisotopic (exact) mass is 208 g/mol. The molecule has 5 heteroatoms. The maximum absolute atomic E-state index is 10.3. The van der Waals surface area contributed by atoms with E-state index in [2.05, 4.69) is 10.1 Å². The van der Waals surface area contributed by atoms with Crippen LogP contribution in [0, 0.1) is 0 Å². The van der Waals surface area contributed by atoms with E-state index >= 15 is 0 Å². The van der Waals surface area contributed by atoms with Crippen molar-refractivity contribution in [3.8, 4) is 0 Å². The summed E-state index contributed by atoms with van der Waals surface area (Å²) < 4.78 is 0. The fraction of sp³-hybridized carbons (Fsp3) is 0.300. The number of aromatic nitrogens is 1. The van der Waals surface area contributed by atoms with Gasteiger partial charge in [-0.1, -0.05) is 5.16 Å². The zero-order chi connectivity index (χ0) is 11.1. The third-order valence-corrected chi connectivity index (χ3v) is 1.92. The van der Waals surface area contributed by atoms with Gasteiger partial charge in [0.1, 0.15) is 0 Å². The zero-order valence-corrected chi connectivity index (χ0v) is 8.13. The minimum atomic E-state index is -0.849. The van der Waals surface area contributed by atoms with Gasteiger partial charge in [-0.3, -0.25) is 9.78 Å². The zero-order valence-electron chi connectivity index (χ0n) is 8.13. The van der Waals surface area contributed by atoms with Crippen LogP contribution in [0.5, 0.6) is 0 Å². The molecule has 1 aromatic rings. The SMILES string of the molecule is O=C(O)CCC/C(=N\O)c1cccnc1. The van der Waals surface area contributed by atoms with Crippen molar-refractivity contribution in [2.24, 2.45) is 5.16 Å². The van der Waals surface area contributed by atoms with Crippen LogP contribution in [0.15, 0.2) is 29.7 Å². The van der Waals surface area contributed by atoms with E-state index in [4.69, 9.17) is 10.3 Å². The maximum atomic E-state index is 10.3. The maximum Gasteiger partial charge on any atom is 0.303 e. The van der Waals surface area contributed by atoms with E-state index in [0.717, 1.165) is 0 Å². The molecule has 0 saturated carbocycles.